The van der Waals surface area contributed by atoms with Crippen molar-refractivity contribution < 1.29 is 0 Å². The highest BCUT2D eigenvalue weighted by atomic mass is 15.1. The van der Waals surface area contributed by atoms with Gasteiger partial charge in [-0.2, -0.15) is 0 Å². The van der Waals surface area contributed by atoms with Gasteiger partial charge in [-0.15, -0.1) is 0 Å². The first kappa shape index (κ1) is 17.1. The fourth-order valence-electron chi connectivity index (χ4n) is 5.64. The quantitative estimate of drug-likeness (QED) is 0.539. The van der Waals surface area contributed by atoms with Gasteiger partial charge in [0.25, 0.3) is 0 Å². The van der Waals surface area contributed by atoms with Gasteiger partial charge in [-0.3, -0.25) is 4.90 Å². The first-order chi connectivity index (χ1) is 12.9. The molecule has 1 aromatic heterocycles. The largest absolute Gasteiger partial charge is 0.344 e. The molecule has 0 radical (unpaired) electrons. The Morgan fingerprint density at radius 3 is 2.59 bits per heavy atom. The van der Waals surface area contributed by atoms with Crippen molar-refractivity contribution in [3.05, 3.63) is 59.7 Å². The van der Waals surface area contributed by atoms with Crippen molar-refractivity contribution >= 4 is 21.8 Å². The summed E-state index contributed by atoms with van der Waals surface area (Å²) in [5, 5.41) is 2.71. The number of likely N-dealkylation sites (N-methyl/N-ethyl adjacent to an activating group) is 1. The van der Waals surface area contributed by atoms with E-state index >= 15 is 0 Å². The summed E-state index contributed by atoms with van der Waals surface area (Å²) in [7, 11) is 4.45. The fourth-order valence-corrected chi connectivity index (χ4v) is 5.64. The molecule has 2 nitrogen and oxygen atoms in total. The molecular weight excluding hydrogens is 328 g/mol. The van der Waals surface area contributed by atoms with Crippen molar-refractivity contribution in [3.63, 3.8) is 0 Å². The smallest absolute Gasteiger partial charge is 0.0491 e. The molecule has 2 bridgehead atoms. The van der Waals surface area contributed by atoms with E-state index in [0.29, 0.717) is 5.41 Å². The van der Waals surface area contributed by atoms with Crippen molar-refractivity contribution in [2.24, 2.45) is 24.3 Å². The van der Waals surface area contributed by atoms with Gasteiger partial charge >= 0.3 is 0 Å². The Balaban J connectivity index is 1.38. The molecule has 3 aliphatic carbocycles. The first-order valence-electron chi connectivity index (χ1n) is 10.3. The Labute approximate surface area is 162 Å². The lowest BCUT2D eigenvalue weighted by atomic mass is 9.49. The molecule has 3 aromatic rings. The highest BCUT2D eigenvalue weighted by Gasteiger charge is 2.50. The van der Waals surface area contributed by atoms with Crippen molar-refractivity contribution in [2.45, 2.75) is 33.2 Å². The van der Waals surface area contributed by atoms with Crippen LogP contribution in [0.2, 0.25) is 0 Å². The molecule has 6 rings (SSSR count). The highest BCUT2D eigenvalue weighted by Crippen LogP contribution is 2.59. The third kappa shape index (κ3) is 2.57. The summed E-state index contributed by atoms with van der Waals surface area (Å²) in [6.45, 7) is 7.04. The molecule has 0 N–H and O–H groups in total. The number of aryl methyl sites for hydroxylation is 1. The Morgan fingerprint density at radius 2 is 1.81 bits per heavy atom. The Bertz CT molecular complexity index is 1050. The maximum absolute atomic E-state index is 2.54. The molecule has 1 saturated carbocycles. The van der Waals surface area contributed by atoms with Gasteiger partial charge in [0.05, 0.1) is 0 Å². The van der Waals surface area contributed by atoms with Crippen LogP contribution in [-0.4, -0.2) is 23.1 Å². The zero-order valence-electron chi connectivity index (χ0n) is 17.0. The number of benzene rings is 2. The van der Waals surface area contributed by atoms with E-state index in [4.69, 9.17) is 0 Å². The normalized spacial score (nSPS) is 23.7. The molecule has 27 heavy (non-hydrogen) atoms. The summed E-state index contributed by atoms with van der Waals surface area (Å²) >= 11 is 0. The van der Waals surface area contributed by atoms with Crippen LogP contribution in [-0.2, 0) is 13.6 Å². The van der Waals surface area contributed by atoms with Crippen molar-refractivity contribution in [1.29, 1.82) is 0 Å². The number of nitrogens with zero attached hydrogens (tertiary/aromatic N) is 2. The molecule has 0 spiro atoms. The van der Waals surface area contributed by atoms with Gasteiger partial charge < -0.3 is 4.57 Å². The molecule has 0 aliphatic heterocycles. The van der Waals surface area contributed by atoms with E-state index in [1.807, 2.05) is 0 Å². The number of allylic oxidation sites excluding steroid dienone is 1. The van der Waals surface area contributed by atoms with Crippen LogP contribution in [0.15, 0.2) is 54.1 Å². The van der Waals surface area contributed by atoms with Crippen molar-refractivity contribution in [1.82, 2.24) is 9.47 Å². The molecule has 2 atom stereocenters. The van der Waals surface area contributed by atoms with Crippen molar-refractivity contribution in [2.75, 3.05) is 13.6 Å². The standard InChI is InChI=1S/C25H30N2/c1-25(2)19-11-10-18(22(25)14-19)16-26(3)15-17-9-12-21-20-7-5-6-8-23(20)27(4)24(21)13-17/h5-10,12-13,19,22H,11,14-16H2,1-4H3/t19-,22-/m0/s1. The van der Waals surface area contributed by atoms with Crippen LogP contribution in [0.25, 0.3) is 21.8 Å². The van der Waals surface area contributed by atoms with E-state index in [1.165, 1.54) is 40.2 Å². The topological polar surface area (TPSA) is 8.17 Å². The minimum absolute atomic E-state index is 0.521. The molecule has 1 heterocycles. The lowest BCUT2D eigenvalue weighted by molar-refractivity contribution is -0.0101. The van der Waals surface area contributed by atoms with Gasteiger partial charge in [-0.1, -0.05) is 55.8 Å². The van der Waals surface area contributed by atoms with Crippen LogP contribution in [0.3, 0.4) is 0 Å². The summed E-state index contributed by atoms with van der Waals surface area (Å²) in [6, 6.07) is 15.7. The number of hydrogen-bond donors (Lipinski definition) is 0. The summed E-state index contributed by atoms with van der Waals surface area (Å²) in [6.07, 6.45) is 5.23. The molecule has 0 unspecified atom stereocenters. The Hall–Kier alpha value is -2.06. The average Bonchev–Trinajstić information content (AvgIpc) is 2.94. The van der Waals surface area contributed by atoms with Gasteiger partial charge in [0.2, 0.25) is 0 Å². The maximum atomic E-state index is 2.54. The number of rotatable bonds is 4. The predicted molar refractivity (Wildman–Crippen MR) is 115 cm³/mol. The van der Waals surface area contributed by atoms with Gasteiger partial charge in [0, 0.05) is 41.9 Å². The minimum Gasteiger partial charge on any atom is -0.344 e. The molecular formula is C25H30N2. The summed E-state index contributed by atoms with van der Waals surface area (Å²) in [5.74, 6) is 1.73. The third-order valence-corrected chi connectivity index (χ3v) is 7.47. The van der Waals surface area contributed by atoms with Crippen LogP contribution in [0.1, 0.15) is 32.3 Å². The SMILES string of the molecule is CN(CC1=CC[C@H]2C[C@@H]1C2(C)C)Cc1ccc2c3ccccc3n(C)c2c1. The Morgan fingerprint density at radius 1 is 1.04 bits per heavy atom. The molecule has 1 fully saturated rings. The van der Waals surface area contributed by atoms with Gasteiger partial charge in [0.15, 0.2) is 0 Å². The van der Waals surface area contributed by atoms with E-state index in [0.717, 1.165) is 24.9 Å². The Kier molecular flexibility index (Phi) is 3.77. The molecule has 140 valence electrons. The van der Waals surface area contributed by atoms with E-state index in [-0.39, 0.29) is 0 Å². The molecule has 2 heteroatoms. The van der Waals surface area contributed by atoms with E-state index in [9.17, 15) is 0 Å². The van der Waals surface area contributed by atoms with Crippen LogP contribution >= 0.6 is 0 Å². The predicted octanol–water partition coefficient (Wildman–Crippen LogP) is 5.76. The van der Waals surface area contributed by atoms with Crippen LogP contribution in [0.4, 0.5) is 0 Å². The van der Waals surface area contributed by atoms with Crippen LogP contribution in [0, 0.1) is 17.3 Å². The van der Waals surface area contributed by atoms with Gasteiger partial charge in [-0.25, -0.2) is 0 Å². The maximum Gasteiger partial charge on any atom is 0.0491 e. The number of para-hydroxylation sites is 1. The van der Waals surface area contributed by atoms with E-state index < -0.39 is 0 Å². The summed E-state index contributed by atoms with van der Waals surface area (Å²) in [4.78, 5) is 2.49. The second-order valence-electron chi connectivity index (χ2n) is 9.42. The van der Waals surface area contributed by atoms with Crippen LogP contribution < -0.4 is 0 Å². The lowest BCUT2D eigenvalue weighted by Gasteiger charge is -2.57. The highest BCUT2D eigenvalue weighted by molar-refractivity contribution is 6.08. The zero-order valence-corrected chi connectivity index (χ0v) is 17.0. The summed E-state index contributed by atoms with van der Waals surface area (Å²) in [5.41, 5.74) is 6.25. The fraction of sp³-hybridized carbons (Fsp3) is 0.440. The minimum atomic E-state index is 0.521. The molecule has 0 saturated heterocycles. The van der Waals surface area contributed by atoms with Gasteiger partial charge in [-0.05, 0) is 54.8 Å². The molecule has 0 amide bonds. The second kappa shape index (κ2) is 5.97. The molecule has 3 aliphatic rings. The van der Waals surface area contributed by atoms with Gasteiger partial charge in [0.1, 0.15) is 0 Å². The van der Waals surface area contributed by atoms with Crippen molar-refractivity contribution in [3.8, 4) is 0 Å². The molecule has 2 aromatic carbocycles. The number of fused-ring (bicyclic) bond motifs is 4. The first-order valence-corrected chi connectivity index (χ1v) is 10.3. The monoisotopic (exact) mass is 358 g/mol. The summed E-state index contributed by atoms with van der Waals surface area (Å²) < 4.78 is 2.33. The number of hydrogen-bond acceptors (Lipinski definition) is 1. The second-order valence-corrected chi connectivity index (χ2v) is 9.42. The zero-order chi connectivity index (χ0) is 18.8. The van der Waals surface area contributed by atoms with Crippen LogP contribution in [0.5, 0.6) is 0 Å². The van der Waals surface area contributed by atoms with E-state index in [2.05, 4.69) is 86.0 Å². The third-order valence-electron chi connectivity index (χ3n) is 7.47. The number of aromatic nitrogens is 1. The average molecular weight is 359 g/mol. The lowest BCUT2D eigenvalue weighted by Crippen LogP contribution is -2.49. The van der Waals surface area contributed by atoms with E-state index in [1.54, 1.807) is 5.57 Å².